The lowest BCUT2D eigenvalue weighted by molar-refractivity contribution is -0.0123. The third kappa shape index (κ3) is 6.65. The number of amides is 2. The Morgan fingerprint density at radius 2 is 1.92 bits per heavy atom. The highest BCUT2D eigenvalue weighted by Crippen LogP contribution is 2.20. The van der Waals surface area contributed by atoms with Gasteiger partial charge >= 0.3 is 6.03 Å². The minimum atomic E-state index is -0.796. The Morgan fingerprint density at radius 1 is 1.28 bits per heavy atom. The third-order valence-corrected chi connectivity index (χ3v) is 4.87. The van der Waals surface area contributed by atoms with Crippen molar-refractivity contribution in [3.05, 3.63) is 35.9 Å². The van der Waals surface area contributed by atoms with Gasteiger partial charge in [-0.25, -0.2) is 4.79 Å². The van der Waals surface area contributed by atoms with E-state index >= 15 is 0 Å². The van der Waals surface area contributed by atoms with Gasteiger partial charge in [-0.1, -0.05) is 30.3 Å². The normalized spacial score (nSPS) is 18.8. The highest BCUT2D eigenvalue weighted by molar-refractivity contribution is 5.74. The number of carbonyl (C=O) groups excluding carboxylic acids is 1. The minimum Gasteiger partial charge on any atom is -0.388 e. The molecule has 1 aliphatic rings. The number of aliphatic hydroxyl groups is 1. The molecule has 6 heteroatoms. The summed E-state index contributed by atoms with van der Waals surface area (Å²) in [5.41, 5.74) is 0.299. The van der Waals surface area contributed by atoms with Crippen molar-refractivity contribution in [3.63, 3.8) is 0 Å². The van der Waals surface area contributed by atoms with Crippen LogP contribution in [-0.4, -0.2) is 73.9 Å². The van der Waals surface area contributed by atoms with Crippen LogP contribution in [0.2, 0.25) is 0 Å². The van der Waals surface area contributed by atoms with E-state index in [0.717, 1.165) is 31.6 Å². The minimum absolute atomic E-state index is 0.0456. The maximum Gasteiger partial charge on any atom is 0.315 e. The van der Waals surface area contributed by atoms with Gasteiger partial charge in [-0.05, 0) is 52.5 Å². The Bertz CT molecular complexity index is 527. The molecule has 0 bridgehead atoms. The van der Waals surface area contributed by atoms with Crippen molar-refractivity contribution >= 4 is 6.03 Å². The van der Waals surface area contributed by atoms with Gasteiger partial charge in [-0.15, -0.1) is 0 Å². The van der Waals surface area contributed by atoms with E-state index in [1.807, 2.05) is 44.4 Å². The largest absolute Gasteiger partial charge is 0.388 e. The molecule has 0 unspecified atom stereocenters. The molecular formula is C19H32N4O2. The van der Waals surface area contributed by atoms with Crippen LogP contribution in [0.1, 0.15) is 30.9 Å². The molecule has 1 aromatic carbocycles. The zero-order chi connectivity index (χ0) is 18.3. The number of nitrogens with one attached hydrogen (secondary N) is 2. The van der Waals surface area contributed by atoms with Gasteiger partial charge in [0.2, 0.25) is 0 Å². The first-order chi connectivity index (χ1) is 11.9. The van der Waals surface area contributed by atoms with Crippen molar-refractivity contribution in [3.8, 4) is 0 Å². The Labute approximate surface area is 151 Å². The zero-order valence-electron chi connectivity index (χ0n) is 15.7. The molecule has 6 nitrogen and oxygen atoms in total. The number of benzene rings is 1. The lowest BCUT2D eigenvalue weighted by Crippen LogP contribution is -2.52. The van der Waals surface area contributed by atoms with Crippen LogP contribution in [0, 0.1) is 0 Å². The summed E-state index contributed by atoms with van der Waals surface area (Å²) in [5, 5.41) is 16.5. The van der Waals surface area contributed by atoms with Crippen molar-refractivity contribution in [1.82, 2.24) is 20.4 Å². The van der Waals surface area contributed by atoms with Gasteiger partial charge in [0.1, 0.15) is 0 Å². The maximum atomic E-state index is 12.4. The number of carbonyl (C=O) groups is 1. The number of rotatable bonds is 7. The molecule has 3 N–H and O–H groups in total. The van der Waals surface area contributed by atoms with E-state index in [1.165, 1.54) is 0 Å². The van der Waals surface area contributed by atoms with Gasteiger partial charge in [0.25, 0.3) is 0 Å². The summed E-state index contributed by atoms with van der Waals surface area (Å²) in [4.78, 5) is 16.7. The number of hydrogen-bond acceptors (Lipinski definition) is 4. The molecule has 0 radical (unpaired) electrons. The number of urea groups is 1. The Balaban J connectivity index is 1.88. The molecule has 2 amide bonds. The lowest BCUT2D eigenvalue weighted by Gasteiger charge is -2.36. The van der Waals surface area contributed by atoms with Crippen LogP contribution in [0.15, 0.2) is 30.3 Å². The summed E-state index contributed by atoms with van der Waals surface area (Å²) >= 11 is 0. The molecule has 0 saturated carbocycles. The Kier molecular flexibility index (Phi) is 7.23. The van der Waals surface area contributed by atoms with Gasteiger partial charge in [-0.2, -0.15) is 0 Å². The number of piperidine rings is 1. The molecule has 1 heterocycles. The van der Waals surface area contributed by atoms with Crippen LogP contribution in [0.5, 0.6) is 0 Å². The van der Waals surface area contributed by atoms with Crippen LogP contribution in [0.3, 0.4) is 0 Å². The van der Waals surface area contributed by atoms with Crippen molar-refractivity contribution in [2.75, 3.05) is 47.3 Å². The Hall–Kier alpha value is -1.63. The molecular weight excluding hydrogens is 316 g/mol. The lowest BCUT2D eigenvalue weighted by atomic mass is 9.92. The van der Waals surface area contributed by atoms with Crippen LogP contribution in [0.4, 0.5) is 4.79 Å². The van der Waals surface area contributed by atoms with Crippen molar-refractivity contribution in [2.45, 2.75) is 30.9 Å². The summed E-state index contributed by atoms with van der Waals surface area (Å²) in [7, 11) is 6.10. The molecule has 0 spiro atoms. The van der Waals surface area contributed by atoms with E-state index in [9.17, 15) is 9.90 Å². The highest BCUT2D eigenvalue weighted by Gasteiger charge is 2.31. The van der Waals surface area contributed by atoms with Crippen LogP contribution >= 0.6 is 0 Å². The molecule has 1 aromatic rings. The SMILES string of the molecule is CN(C)CC[C@@H](NC(=O)NCC1(O)CCN(C)CC1)c1ccccc1. The van der Waals surface area contributed by atoms with Gasteiger partial charge in [0.15, 0.2) is 0 Å². The van der Waals surface area contributed by atoms with Crippen molar-refractivity contribution < 1.29 is 9.90 Å². The first-order valence-electron chi connectivity index (χ1n) is 9.03. The monoisotopic (exact) mass is 348 g/mol. The topological polar surface area (TPSA) is 67.8 Å². The molecule has 140 valence electrons. The molecule has 25 heavy (non-hydrogen) atoms. The van der Waals surface area contributed by atoms with Gasteiger partial charge in [0, 0.05) is 19.6 Å². The van der Waals surface area contributed by atoms with E-state index < -0.39 is 5.60 Å². The van der Waals surface area contributed by atoms with E-state index in [1.54, 1.807) is 0 Å². The van der Waals surface area contributed by atoms with Crippen LogP contribution in [-0.2, 0) is 0 Å². The summed E-state index contributed by atoms with van der Waals surface area (Å²) in [5.74, 6) is 0. The van der Waals surface area contributed by atoms with Crippen molar-refractivity contribution in [2.24, 2.45) is 0 Å². The molecule has 0 aromatic heterocycles. The first kappa shape index (κ1) is 19.7. The quantitative estimate of drug-likeness (QED) is 0.697. The smallest absolute Gasteiger partial charge is 0.315 e. The Morgan fingerprint density at radius 3 is 2.52 bits per heavy atom. The average molecular weight is 348 g/mol. The first-order valence-corrected chi connectivity index (χ1v) is 9.03. The van der Waals surface area contributed by atoms with E-state index in [2.05, 4.69) is 27.5 Å². The molecule has 2 rings (SSSR count). The van der Waals surface area contributed by atoms with Gasteiger partial charge in [-0.3, -0.25) is 0 Å². The second-order valence-electron chi connectivity index (χ2n) is 7.41. The number of nitrogens with zero attached hydrogens (tertiary/aromatic N) is 2. The fourth-order valence-electron chi connectivity index (χ4n) is 3.06. The summed E-state index contributed by atoms with van der Waals surface area (Å²) in [6.45, 7) is 2.89. The van der Waals surface area contributed by atoms with Gasteiger partial charge < -0.3 is 25.5 Å². The maximum absolute atomic E-state index is 12.4. The second-order valence-corrected chi connectivity index (χ2v) is 7.41. The van der Waals surface area contributed by atoms with E-state index in [0.29, 0.717) is 19.4 Å². The van der Waals surface area contributed by atoms with Crippen LogP contribution < -0.4 is 10.6 Å². The average Bonchev–Trinajstić information content (AvgIpc) is 2.60. The molecule has 1 fully saturated rings. The molecule has 1 saturated heterocycles. The highest BCUT2D eigenvalue weighted by atomic mass is 16.3. The number of hydrogen-bond donors (Lipinski definition) is 3. The standard InChI is InChI=1S/C19H32N4O2/c1-22(2)12-9-17(16-7-5-4-6-8-16)21-18(24)20-15-19(25)10-13-23(3)14-11-19/h4-8,17,25H,9-15H2,1-3H3,(H2,20,21,24)/t17-/m1/s1. The predicted molar refractivity (Wildman–Crippen MR) is 101 cm³/mol. The van der Waals surface area contributed by atoms with Crippen molar-refractivity contribution in [1.29, 1.82) is 0 Å². The molecule has 0 aliphatic carbocycles. The second kappa shape index (κ2) is 9.17. The molecule has 1 aliphatic heterocycles. The third-order valence-electron chi connectivity index (χ3n) is 4.87. The fourth-order valence-corrected chi connectivity index (χ4v) is 3.06. The predicted octanol–water partition coefficient (Wildman–Crippen LogP) is 1.44. The zero-order valence-corrected chi connectivity index (χ0v) is 15.7. The number of likely N-dealkylation sites (tertiary alicyclic amines) is 1. The van der Waals surface area contributed by atoms with Crippen LogP contribution in [0.25, 0.3) is 0 Å². The van der Waals surface area contributed by atoms with E-state index in [-0.39, 0.29) is 12.1 Å². The summed E-state index contributed by atoms with van der Waals surface area (Å²) < 4.78 is 0. The molecule has 1 atom stereocenters. The summed E-state index contributed by atoms with van der Waals surface area (Å²) in [6, 6.07) is 9.74. The summed E-state index contributed by atoms with van der Waals surface area (Å²) in [6.07, 6.45) is 2.21. The fraction of sp³-hybridized carbons (Fsp3) is 0.632. The van der Waals surface area contributed by atoms with E-state index in [4.69, 9.17) is 0 Å². The van der Waals surface area contributed by atoms with Gasteiger partial charge in [0.05, 0.1) is 11.6 Å².